The van der Waals surface area contributed by atoms with Crippen molar-refractivity contribution >= 4 is 76.2 Å². The van der Waals surface area contributed by atoms with Gasteiger partial charge in [0.1, 0.15) is 22.3 Å². The fourth-order valence-corrected chi connectivity index (χ4v) is 8.31. The number of rotatable bonds is 3. The maximum Gasteiger partial charge on any atom is 0.147 e. The van der Waals surface area contributed by atoms with Crippen LogP contribution in [0.1, 0.15) is 0 Å². The van der Waals surface area contributed by atoms with Gasteiger partial charge in [-0.2, -0.15) is 0 Å². The highest BCUT2D eigenvalue weighted by molar-refractivity contribution is 6.30. The summed E-state index contributed by atoms with van der Waals surface area (Å²) in [5.74, 6) is 0. The summed E-state index contributed by atoms with van der Waals surface area (Å²) in [5, 5.41) is 11.6. The molecular weight excluding hydrogens is 609 g/mol. The monoisotopic (exact) mass is 636 g/mol. The number of hydrogen-bond acceptors (Lipinski definition) is 2. The first-order valence-corrected chi connectivity index (χ1v) is 17.1. The van der Waals surface area contributed by atoms with E-state index >= 15 is 0 Å². The van der Waals surface area contributed by atoms with Crippen LogP contribution in [0.2, 0.25) is 0 Å². The van der Waals surface area contributed by atoms with E-state index in [1.807, 2.05) is 18.2 Å². The molecule has 0 bridgehead atoms. The van der Waals surface area contributed by atoms with Crippen LogP contribution in [-0.2, 0) is 0 Å². The highest BCUT2D eigenvalue weighted by atomic mass is 16.3. The van der Waals surface area contributed by atoms with Crippen molar-refractivity contribution in [2.75, 3.05) is 0 Å². The van der Waals surface area contributed by atoms with Gasteiger partial charge in [0.05, 0.1) is 5.39 Å². The van der Waals surface area contributed by atoms with E-state index < -0.39 is 0 Å². The lowest BCUT2D eigenvalue weighted by atomic mass is 9.84. The Kier molecular flexibility index (Phi) is 5.70. The minimum atomic E-state index is 0.828. The van der Waals surface area contributed by atoms with Gasteiger partial charge in [-0.3, -0.25) is 0 Å². The molecule has 0 amide bonds. The molecule has 2 nitrogen and oxygen atoms in total. The van der Waals surface area contributed by atoms with Gasteiger partial charge in [-0.1, -0.05) is 152 Å². The summed E-state index contributed by atoms with van der Waals surface area (Å²) in [4.78, 5) is 0. The molecule has 0 unspecified atom stereocenters. The molecule has 0 saturated carbocycles. The molecule has 0 spiro atoms. The molecule has 0 aliphatic carbocycles. The summed E-state index contributed by atoms with van der Waals surface area (Å²) in [6.07, 6.45) is 0. The molecule has 2 heteroatoms. The second-order valence-electron chi connectivity index (χ2n) is 13.1. The topological polar surface area (TPSA) is 26.3 Å². The summed E-state index contributed by atoms with van der Waals surface area (Å²) >= 11 is 0. The van der Waals surface area contributed by atoms with Gasteiger partial charge in [0.2, 0.25) is 0 Å². The smallest absolute Gasteiger partial charge is 0.147 e. The SMILES string of the molecule is c1ccc2c(-c3ccc(-c4c5ccccc5c(-c5cc6oc7ccccc7c6c6oc7ccccc7c56)c5ccccc45)cc3)cccc2c1. The quantitative estimate of drug-likeness (QED) is 0.180. The van der Waals surface area contributed by atoms with E-state index in [9.17, 15) is 0 Å². The zero-order valence-corrected chi connectivity index (χ0v) is 27.0. The van der Waals surface area contributed by atoms with Crippen LogP contribution < -0.4 is 0 Å². The second kappa shape index (κ2) is 10.4. The van der Waals surface area contributed by atoms with Gasteiger partial charge in [-0.25, -0.2) is 0 Å². The molecule has 0 atom stereocenters. The van der Waals surface area contributed by atoms with E-state index in [0.29, 0.717) is 0 Å². The van der Waals surface area contributed by atoms with Crippen molar-refractivity contribution in [3.05, 3.63) is 170 Å². The second-order valence-corrected chi connectivity index (χ2v) is 13.1. The van der Waals surface area contributed by atoms with Gasteiger partial charge >= 0.3 is 0 Å². The van der Waals surface area contributed by atoms with Gasteiger partial charge in [0, 0.05) is 16.2 Å². The molecule has 0 N–H and O–H groups in total. The maximum atomic E-state index is 6.73. The summed E-state index contributed by atoms with van der Waals surface area (Å²) in [6, 6.07) is 60.8. The molecule has 11 aromatic rings. The molecule has 0 aliphatic heterocycles. The summed E-state index contributed by atoms with van der Waals surface area (Å²) in [7, 11) is 0. The van der Waals surface area contributed by atoms with E-state index in [2.05, 4.69) is 152 Å². The minimum absolute atomic E-state index is 0.828. The van der Waals surface area contributed by atoms with E-state index in [-0.39, 0.29) is 0 Å². The van der Waals surface area contributed by atoms with Gasteiger partial charge in [0.25, 0.3) is 0 Å². The van der Waals surface area contributed by atoms with Crippen molar-refractivity contribution in [1.82, 2.24) is 0 Å². The third-order valence-corrected chi connectivity index (χ3v) is 10.5. The van der Waals surface area contributed by atoms with E-state index in [4.69, 9.17) is 8.83 Å². The van der Waals surface area contributed by atoms with Crippen molar-refractivity contribution in [1.29, 1.82) is 0 Å². The lowest BCUT2D eigenvalue weighted by Gasteiger charge is -2.18. The molecule has 232 valence electrons. The largest absolute Gasteiger partial charge is 0.456 e. The first-order chi connectivity index (χ1) is 24.8. The summed E-state index contributed by atoms with van der Waals surface area (Å²) in [6.45, 7) is 0. The number of para-hydroxylation sites is 2. The minimum Gasteiger partial charge on any atom is -0.456 e. The Balaban J connectivity index is 1.22. The molecule has 0 aliphatic rings. The van der Waals surface area contributed by atoms with Crippen LogP contribution in [-0.4, -0.2) is 0 Å². The van der Waals surface area contributed by atoms with Gasteiger partial charge in [0.15, 0.2) is 0 Å². The zero-order valence-electron chi connectivity index (χ0n) is 27.0. The summed E-state index contributed by atoms with van der Waals surface area (Å²) < 4.78 is 13.3. The van der Waals surface area contributed by atoms with Gasteiger partial charge in [-0.05, 0) is 83.9 Å². The van der Waals surface area contributed by atoms with Crippen molar-refractivity contribution in [2.45, 2.75) is 0 Å². The molecule has 0 radical (unpaired) electrons. The molecule has 2 heterocycles. The average molecular weight is 637 g/mol. The molecule has 0 saturated heterocycles. The number of benzene rings is 9. The Morgan fingerprint density at radius 1 is 0.300 bits per heavy atom. The number of hydrogen-bond donors (Lipinski definition) is 0. The Labute approximate surface area is 287 Å². The Bertz CT molecular complexity index is 3080. The van der Waals surface area contributed by atoms with E-state index in [0.717, 1.165) is 49.4 Å². The number of fused-ring (bicyclic) bond motifs is 10. The standard InChI is InChI=1S/C48H28O2/c1-2-14-32-29(12-1)13-11-21-33(32)30-24-26-31(27-25-30)44-34-15-3-5-17-36(34)45(37-18-6-4-16-35(37)44)40-28-43-47(39-20-8-9-22-41(39)49-43)48-46(40)38-19-7-10-23-42(38)50-48/h1-28H. The van der Waals surface area contributed by atoms with Gasteiger partial charge in [-0.15, -0.1) is 0 Å². The lowest BCUT2D eigenvalue weighted by Crippen LogP contribution is -1.91. The highest BCUT2D eigenvalue weighted by Gasteiger charge is 2.24. The Hall–Kier alpha value is -6.64. The van der Waals surface area contributed by atoms with Crippen LogP contribution >= 0.6 is 0 Å². The van der Waals surface area contributed by atoms with Crippen molar-refractivity contribution in [3.8, 4) is 33.4 Å². The lowest BCUT2D eigenvalue weighted by molar-refractivity contribution is 0.663. The van der Waals surface area contributed by atoms with Crippen molar-refractivity contribution in [3.63, 3.8) is 0 Å². The maximum absolute atomic E-state index is 6.73. The Morgan fingerprint density at radius 3 is 1.48 bits per heavy atom. The number of furan rings is 2. The molecule has 50 heavy (non-hydrogen) atoms. The zero-order chi connectivity index (χ0) is 32.8. The predicted molar refractivity (Wildman–Crippen MR) is 210 cm³/mol. The van der Waals surface area contributed by atoms with Crippen LogP contribution in [0.4, 0.5) is 0 Å². The third kappa shape index (κ3) is 3.85. The highest BCUT2D eigenvalue weighted by Crippen LogP contribution is 2.50. The molecular formula is C48H28O2. The predicted octanol–water partition coefficient (Wildman–Crippen LogP) is 13.9. The normalized spacial score (nSPS) is 12.0. The molecule has 11 rings (SSSR count). The van der Waals surface area contributed by atoms with Gasteiger partial charge < -0.3 is 8.83 Å². The third-order valence-electron chi connectivity index (χ3n) is 10.5. The first kappa shape index (κ1) is 27.3. The average Bonchev–Trinajstić information content (AvgIpc) is 3.75. The van der Waals surface area contributed by atoms with E-state index in [1.165, 1.54) is 60.1 Å². The molecule has 2 aromatic heterocycles. The van der Waals surface area contributed by atoms with Crippen molar-refractivity contribution in [2.24, 2.45) is 0 Å². The van der Waals surface area contributed by atoms with E-state index in [1.54, 1.807) is 0 Å². The first-order valence-electron chi connectivity index (χ1n) is 17.1. The van der Waals surface area contributed by atoms with Crippen LogP contribution in [0.5, 0.6) is 0 Å². The van der Waals surface area contributed by atoms with Crippen molar-refractivity contribution < 1.29 is 8.83 Å². The van der Waals surface area contributed by atoms with Crippen LogP contribution in [0.3, 0.4) is 0 Å². The van der Waals surface area contributed by atoms with Crippen LogP contribution in [0.25, 0.3) is 110 Å². The fraction of sp³-hybridized carbons (Fsp3) is 0. The van der Waals surface area contributed by atoms with Crippen LogP contribution in [0.15, 0.2) is 179 Å². The van der Waals surface area contributed by atoms with Crippen LogP contribution in [0, 0.1) is 0 Å². The summed E-state index contributed by atoms with van der Waals surface area (Å²) in [5.41, 5.74) is 10.6. The molecule has 0 fully saturated rings. The Morgan fingerprint density at radius 2 is 0.800 bits per heavy atom. The fourth-order valence-electron chi connectivity index (χ4n) is 8.31. The molecule has 9 aromatic carbocycles.